The first-order chi connectivity index (χ1) is 10.7. The third kappa shape index (κ3) is 2.90. The molecule has 6 heteroatoms. The number of fused-ring (bicyclic) bond motifs is 1. The molecule has 6 nitrogen and oxygen atoms in total. The fourth-order valence-corrected chi connectivity index (χ4v) is 2.27. The summed E-state index contributed by atoms with van der Waals surface area (Å²) >= 11 is 0. The number of aryl methyl sites for hydroxylation is 2. The van der Waals surface area contributed by atoms with Crippen molar-refractivity contribution < 1.29 is 4.79 Å². The van der Waals surface area contributed by atoms with Crippen molar-refractivity contribution in [1.29, 1.82) is 0 Å². The Morgan fingerprint density at radius 3 is 2.73 bits per heavy atom. The average molecular weight is 295 g/mol. The van der Waals surface area contributed by atoms with E-state index in [9.17, 15) is 4.79 Å². The summed E-state index contributed by atoms with van der Waals surface area (Å²) in [7, 11) is 0. The smallest absolute Gasteiger partial charge is 0.308 e. The van der Waals surface area contributed by atoms with Crippen LogP contribution in [-0.4, -0.2) is 20.6 Å². The van der Waals surface area contributed by atoms with Crippen LogP contribution in [0.25, 0.3) is 5.65 Å². The van der Waals surface area contributed by atoms with Crippen LogP contribution < -0.4 is 10.6 Å². The summed E-state index contributed by atoms with van der Waals surface area (Å²) in [6, 6.07) is 11.0. The standard InChI is InChI=1S/C16H17N5O/c1-3-14-19-20-15-8-7-13(10-21(14)15)18-16(22)17-12-6-4-5-11(2)9-12/h4-10H,3H2,1-2H3,(H2,17,18,22). The first-order valence-electron chi connectivity index (χ1n) is 7.14. The second-order valence-electron chi connectivity index (χ2n) is 5.06. The van der Waals surface area contributed by atoms with Gasteiger partial charge in [-0.25, -0.2) is 4.79 Å². The lowest BCUT2D eigenvalue weighted by Crippen LogP contribution is -2.19. The van der Waals surface area contributed by atoms with E-state index in [2.05, 4.69) is 20.8 Å². The van der Waals surface area contributed by atoms with Crippen molar-refractivity contribution in [3.63, 3.8) is 0 Å². The molecule has 2 amide bonds. The zero-order valence-corrected chi connectivity index (χ0v) is 12.5. The van der Waals surface area contributed by atoms with Gasteiger partial charge in [-0.05, 0) is 36.8 Å². The SMILES string of the molecule is CCc1nnc2ccc(NC(=O)Nc3cccc(C)c3)cn12. The monoisotopic (exact) mass is 295 g/mol. The van der Waals surface area contributed by atoms with E-state index >= 15 is 0 Å². The minimum Gasteiger partial charge on any atom is -0.308 e. The molecular weight excluding hydrogens is 278 g/mol. The molecule has 2 heterocycles. The Kier molecular flexibility index (Phi) is 3.74. The van der Waals surface area contributed by atoms with Crippen molar-refractivity contribution in [1.82, 2.24) is 14.6 Å². The highest BCUT2D eigenvalue weighted by Crippen LogP contribution is 2.13. The second kappa shape index (κ2) is 5.85. The fourth-order valence-electron chi connectivity index (χ4n) is 2.27. The minimum atomic E-state index is -0.281. The van der Waals surface area contributed by atoms with Gasteiger partial charge < -0.3 is 10.6 Å². The summed E-state index contributed by atoms with van der Waals surface area (Å²) in [4.78, 5) is 12.1. The molecule has 3 aromatic rings. The largest absolute Gasteiger partial charge is 0.323 e. The number of carbonyl (C=O) groups is 1. The molecule has 112 valence electrons. The number of urea groups is 1. The molecule has 0 saturated carbocycles. The first-order valence-corrected chi connectivity index (χ1v) is 7.14. The molecule has 0 aliphatic heterocycles. The lowest BCUT2D eigenvalue weighted by atomic mass is 10.2. The number of anilines is 2. The van der Waals surface area contributed by atoms with Crippen LogP contribution in [-0.2, 0) is 6.42 Å². The molecule has 0 unspecified atom stereocenters. The molecule has 0 fully saturated rings. The predicted octanol–water partition coefficient (Wildman–Crippen LogP) is 3.24. The number of nitrogens with one attached hydrogen (secondary N) is 2. The Bertz CT molecular complexity index is 824. The van der Waals surface area contributed by atoms with Gasteiger partial charge in [0.2, 0.25) is 0 Å². The minimum absolute atomic E-state index is 0.281. The second-order valence-corrected chi connectivity index (χ2v) is 5.06. The number of benzene rings is 1. The Balaban J connectivity index is 1.76. The van der Waals surface area contributed by atoms with Crippen LogP contribution in [0.5, 0.6) is 0 Å². The summed E-state index contributed by atoms with van der Waals surface area (Å²) in [6.45, 7) is 4.00. The van der Waals surface area contributed by atoms with Gasteiger partial charge in [0.25, 0.3) is 0 Å². The van der Waals surface area contributed by atoms with E-state index in [4.69, 9.17) is 0 Å². The molecule has 0 bridgehead atoms. The number of hydrogen-bond acceptors (Lipinski definition) is 3. The van der Waals surface area contributed by atoms with E-state index in [1.54, 1.807) is 6.07 Å². The normalized spacial score (nSPS) is 10.6. The molecule has 0 radical (unpaired) electrons. The van der Waals surface area contributed by atoms with Crippen LogP contribution >= 0.6 is 0 Å². The summed E-state index contributed by atoms with van der Waals surface area (Å²) < 4.78 is 1.88. The molecule has 0 aliphatic rings. The number of amides is 2. The maximum atomic E-state index is 12.1. The van der Waals surface area contributed by atoms with Crippen molar-refractivity contribution in [2.45, 2.75) is 20.3 Å². The molecule has 2 N–H and O–H groups in total. The maximum Gasteiger partial charge on any atom is 0.323 e. The average Bonchev–Trinajstić information content (AvgIpc) is 2.89. The zero-order valence-electron chi connectivity index (χ0n) is 12.5. The summed E-state index contributed by atoms with van der Waals surface area (Å²) in [5, 5.41) is 13.8. The van der Waals surface area contributed by atoms with E-state index in [1.165, 1.54) is 0 Å². The van der Waals surface area contributed by atoms with Crippen molar-refractivity contribution in [3.8, 4) is 0 Å². The fraction of sp³-hybridized carbons (Fsp3) is 0.188. The Hall–Kier alpha value is -2.89. The van der Waals surface area contributed by atoms with Crippen LogP contribution in [0.4, 0.5) is 16.2 Å². The zero-order chi connectivity index (χ0) is 15.5. The quantitative estimate of drug-likeness (QED) is 0.779. The summed E-state index contributed by atoms with van der Waals surface area (Å²) in [5.74, 6) is 0.859. The molecule has 2 aromatic heterocycles. The topological polar surface area (TPSA) is 71.3 Å². The first kappa shape index (κ1) is 14.1. The number of pyridine rings is 1. The van der Waals surface area contributed by atoms with Crippen LogP contribution in [0.1, 0.15) is 18.3 Å². The molecular formula is C16H17N5O. The van der Waals surface area contributed by atoms with E-state index in [0.29, 0.717) is 5.69 Å². The Morgan fingerprint density at radius 2 is 1.95 bits per heavy atom. The van der Waals surface area contributed by atoms with E-state index in [1.807, 2.05) is 54.8 Å². The van der Waals surface area contributed by atoms with Crippen LogP contribution in [0.2, 0.25) is 0 Å². The van der Waals surface area contributed by atoms with Gasteiger partial charge in [-0.1, -0.05) is 19.1 Å². The van der Waals surface area contributed by atoms with Crippen molar-refractivity contribution >= 4 is 23.1 Å². The van der Waals surface area contributed by atoms with Gasteiger partial charge >= 0.3 is 6.03 Å². The van der Waals surface area contributed by atoms with Crippen LogP contribution in [0, 0.1) is 6.92 Å². The number of aromatic nitrogens is 3. The lowest BCUT2D eigenvalue weighted by molar-refractivity contribution is 0.262. The van der Waals surface area contributed by atoms with Gasteiger partial charge in [0.15, 0.2) is 5.65 Å². The van der Waals surface area contributed by atoms with Gasteiger partial charge in [-0.3, -0.25) is 4.40 Å². The van der Waals surface area contributed by atoms with Gasteiger partial charge in [0.05, 0.1) is 5.69 Å². The molecule has 22 heavy (non-hydrogen) atoms. The Morgan fingerprint density at radius 1 is 1.14 bits per heavy atom. The number of rotatable bonds is 3. The summed E-state index contributed by atoms with van der Waals surface area (Å²) in [5.41, 5.74) is 3.31. The third-order valence-electron chi connectivity index (χ3n) is 3.32. The van der Waals surface area contributed by atoms with Crippen molar-refractivity contribution in [2.75, 3.05) is 10.6 Å². The lowest BCUT2D eigenvalue weighted by Gasteiger charge is -2.08. The highest BCUT2D eigenvalue weighted by molar-refractivity contribution is 5.99. The predicted molar refractivity (Wildman–Crippen MR) is 86.2 cm³/mol. The molecule has 3 rings (SSSR count). The molecule has 0 spiro atoms. The van der Waals surface area contributed by atoms with Gasteiger partial charge in [-0.2, -0.15) is 0 Å². The van der Waals surface area contributed by atoms with Gasteiger partial charge in [0, 0.05) is 18.3 Å². The highest BCUT2D eigenvalue weighted by Gasteiger charge is 2.07. The Labute approximate surface area is 128 Å². The van der Waals surface area contributed by atoms with E-state index in [0.717, 1.165) is 29.1 Å². The van der Waals surface area contributed by atoms with E-state index < -0.39 is 0 Å². The molecule has 0 aliphatic carbocycles. The van der Waals surface area contributed by atoms with Crippen molar-refractivity contribution in [2.24, 2.45) is 0 Å². The van der Waals surface area contributed by atoms with Crippen molar-refractivity contribution in [3.05, 3.63) is 54.0 Å². The highest BCUT2D eigenvalue weighted by atomic mass is 16.2. The van der Waals surface area contributed by atoms with Gasteiger partial charge in [0.1, 0.15) is 5.82 Å². The van der Waals surface area contributed by atoms with E-state index in [-0.39, 0.29) is 6.03 Å². The molecule has 0 atom stereocenters. The van der Waals surface area contributed by atoms with Gasteiger partial charge in [-0.15, -0.1) is 10.2 Å². The molecule has 0 saturated heterocycles. The summed E-state index contributed by atoms with van der Waals surface area (Å²) in [6.07, 6.45) is 2.60. The number of nitrogens with zero attached hydrogens (tertiary/aromatic N) is 3. The maximum absolute atomic E-state index is 12.1. The van der Waals surface area contributed by atoms with Crippen LogP contribution in [0.3, 0.4) is 0 Å². The van der Waals surface area contributed by atoms with Crippen LogP contribution in [0.15, 0.2) is 42.6 Å². The number of carbonyl (C=O) groups excluding carboxylic acids is 1. The molecule has 1 aromatic carbocycles. The third-order valence-corrected chi connectivity index (χ3v) is 3.32. The number of hydrogen-bond donors (Lipinski definition) is 2.